The highest BCUT2D eigenvalue weighted by Gasteiger charge is 2.19. The van der Waals surface area contributed by atoms with Crippen molar-refractivity contribution in [1.82, 2.24) is 0 Å². The Balaban J connectivity index is 4.43. The molecular formula is C75H122O6. The van der Waals surface area contributed by atoms with E-state index in [9.17, 15) is 14.4 Å². The summed E-state index contributed by atoms with van der Waals surface area (Å²) in [5.74, 6) is -0.931. The third kappa shape index (κ3) is 66.0. The number of unbranched alkanes of at least 4 members (excludes halogenated alkanes) is 24. The van der Waals surface area contributed by atoms with E-state index in [0.717, 1.165) is 148 Å². The number of esters is 3. The third-order valence-corrected chi connectivity index (χ3v) is 13.8. The van der Waals surface area contributed by atoms with Crippen LogP contribution in [0.3, 0.4) is 0 Å². The quantitative estimate of drug-likeness (QED) is 0.0261. The summed E-state index contributed by atoms with van der Waals surface area (Å²) in [5, 5.41) is 0. The van der Waals surface area contributed by atoms with Crippen LogP contribution in [0.4, 0.5) is 0 Å². The molecule has 81 heavy (non-hydrogen) atoms. The summed E-state index contributed by atoms with van der Waals surface area (Å²) in [6.07, 6.45) is 97.1. The van der Waals surface area contributed by atoms with Crippen molar-refractivity contribution in [2.24, 2.45) is 0 Å². The van der Waals surface area contributed by atoms with Gasteiger partial charge in [0.2, 0.25) is 0 Å². The molecule has 0 aromatic carbocycles. The maximum atomic E-state index is 12.9. The summed E-state index contributed by atoms with van der Waals surface area (Å²) in [7, 11) is 0. The van der Waals surface area contributed by atoms with Crippen molar-refractivity contribution in [1.29, 1.82) is 0 Å². The van der Waals surface area contributed by atoms with Gasteiger partial charge in [-0.05, 0) is 122 Å². The SMILES string of the molecule is CC/C=C\C/C=C\C/C=C\C/C=C\C/C=C\C/C=C\C/C=C\CCCCCC(=O)OCC(COC(=O)CCCCCCCCCCCCCCC)OC(=O)CCCCCCCCCCC/C=C\C/C=C\C/C=C\C/C=C\C/C=C\CC. The minimum atomic E-state index is -0.802. The van der Waals surface area contributed by atoms with Crippen molar-refractivity contribution in [2.45, 2.75) is 297 Å². The molecule has 0 aliphatic carbocycles. The van der Waals surface area contributed by atoms with E-state index in [1.165, 1.54) is 103 Å². The van der Waals surface area contributed by atoms with Crippen LogP contribution < -0.4 is 0 Å². The maximum absolute atomic E-state index is 12.9. The molecule has 0 aliphatic rings. The monoisotopic (exact) mass is 1120 g/mol. The zero-order valence-electron chi connectivity index (χ0n) is 52.5. The molecule has 6 heteroatoms. The number of carbonyl (C=O) groups is 3. The smallest absolute Gasteiger partial charge is 0.306 e. The predicted molar refractivity (Wildman–Crippen MR) is 352 cm³/mol. The summed E-state index contributed by atoms with van der Waals surface area (Å²) in [5.41, 5.74) is 0. The summed E-state index contributed by atoms with van der Waals surface area (Å²) >= 11 is 0. The average molecular weight is 1120 g/mol. The van der Waals surface area contributed by atoms with Gasteiger partial charge in [-0.1, -0.05) is 295 Å². The molecule has 0 saturated heterocycles. The normalized spacial score (nSPS) is 13.1. The molecule has 0 aromatic heterocycles. The van der Waals surface area contributed by atoms with Crippen molar-refractivity contribution < 1.29 is 28.6 Å². The Morgan fingerprint density at radius 3 is 0.765 bits per heavy atom. The highest BCUT2D eigenvalue weighted by atomic mass is 16.6. The molecule has 0 amide bonds. The fourth-order valence-electron chi connectivity index (χ4n) is 8.92. The Hall–Kier alpha value is -4.71. The molecule has 0 heterocycles. The molecule has 0 aliphatic heterocycles. The van der Waals surface area contributed by atoms with Gasteiger partial charge in [0.15, 0.2) is 6.10 Å². The van der Waals surface area contributed by atoms with Gasteiger partial charge in [0, 0.05) is 19.3 Å². The molecule has 0 rings (SSSR count). The minimum absolute atomic E-state index is 0.0937. The van der Waals surface area contributed by atoms with E-state index in [1.807, 2.05) is 0 Å². The van der Waals surface area contributed by atoms with Gasteiger partial charge in [-0.3, -0.25) is 14.4 Å². The van der Waals surface area contributed by atoms with E-state index >= 15 is 0 Å². The third-order valence-electron chi connectivity index (χ3n) is 13.8. The molecule has 0 N–H and O–H groups in total. The van der Waals surface area contributed by atoms with Gasteiger partial charge in [0.1, 0.15) is 13.2 Å². The van der Waals surface area contributed by atoms with Crippen molar-refractivity contribution >= 4 is 17.9 Å². The summed E-state index contributed by atoms with van der Waals surface area (Å²) < 4.78 is 16.9. The van der Waals surface area contributed by atoms with Crippen molar-refractivity contribution in [2.75, 3.05) is 13.2 Å². The lowest BCUT2D eigenvalue weighted by molar-refractivity contribution is -0.167. The van der Waals surface area contributed by atoms with E-state index in [-0.39, 0.29) is 31.1 Å². The first kappa shape index (κ1) is 76.3. The number of carbonyl (C=O) groups excluding carboxylic acids is 3. The molecule has 0 fully saturated rings. The van der Waals surface area contributed by atoms with E-state index in [0.29, 0.717) is 19.3 Å². The second kappa shape index (κ2) is 67.8. The van der Waals surface area contributed by atoms with Crippen LogP contribution in [0.5, 0.6) is 0 Å². The molecule has 0 saturated carbocycles. The van der Waals surface area contributed by atoms with Gasteiger partial charge in [-0.15, -0.1) is 0 Å². The fourth-order valence-corrected chi connectivity index (χ4v) is 8.92. The van der Waals surface area contributed by atoms with Crippen molar-refractivity contribution in [3.63, 3.8) is 0 Å². The number of rotatable bonds is 59. The molecule has 0 aromatic rings. The first-order chi connectivity index (χ1) is 40.0. The Bertz CT molecular complexity index is 1760. The van der Waals surface area contributed by atoms with Crippen LogP contribution in [0.25, 0.3) is 0 Å². The lowest BCUT2D eigenvalue weighted by Gasteiger charge is -2.18. The lowest BCUT2D eigenvalue weighted by Crippen LogP contribution is -2.30. The minimum Gasteiger partial charge on any atom is -0.462 e. The Labute approximate surface area is 499 Å². The summed E-state index contributed by atoms with van der Waals surface area (Å²) in [4.78, 5) is 38.4. The zero-order valence-corrected chi connectivity index (χ0v) is 52.5. The van der Waals surface area contributed by atoms with Crippen LogP contribution in [0.1, 0.15) is 290 Å². The molecule has 6 nitrogen and oxygen atoms in total. The maximum Gasteiger partial charge on any atom is 0.306 e. The van der Waals surface area contributed by atoms with E-state index in [2.05, 4.69) is 167 Å². The largest absolute Gasteiger partial charge is 0.462 e. The van der Waals surface area contributed by atoms with Crippen LogP contribution >= 0.6 is 0 Å². The van der Waals surface area contributed by atoms with Gasteiger partial charge in [-0.2, -0.15) is 0 Å². The van der Waals surface area contributed by atoms with Crippen LogP contribution in [-0.4, -0.2) is 37.2 Å². The summed E-state index contributed by atoms with van der Waals surface area (Å²) in [6.45, 7) is 6.39. The highest BCUT2D eigenvalue weighted by Crippen LogP contribution is 2.16. The number of hydrogen-bond donors (Lipinski definition) is 0. The highest BCUT2D eigenvalue weighted by molar-refractivity contribution is 5.71. The number of hydrogen-bond acceptors (Lipinski definition) is 6. The standard InChI is InChI=1S/C75H122O6/c1-4-7-10-13-16-19-22-25-27-29-31-33-35-37-39-41-43-45-47-50-53-56-59-62-65-68-74(77)80-71-72(70-79-73(76)67-64-61-58-55-52-49-24-21-18-15-12-9-6-3)81-75(78)69-66-63-60-57-54-51-48-46-44-42-40-38-36-34-32-30-28-26-23-20-17-14-11-8-5-2/h7-8,10-11,16-17,19-20,25-28,31-34,37-40,43,45,50,53,72H,4-6,9,12-15,18,21-24,29-30,35-36,41-42,44,46-49,51-52,54-71H2,1-3H3/b10-7-,11-8-,19-16-,20-17-,27-25-,28-26-,33-31-,34-32-,39-37-,40-38-,45-43-,53-50-. The van der Waals surface area contributed by atoms with E-state index in [1.54, 1.807) is 0 Å². The Morgan fingerprint density at radius 2 is 0.481 bits per heavy atom. The molecular weight excluding hydrogens is 997 g/mol. The first-order valence-electron chi connectivity index (χ1n) is 33.3. The number of allylic oxidation sites excluding steroid dienone is 24. The molecule has 458 valence electrons. The average Bonchev–Trinajstić information content (AvgIpc) is 3.46. The van der Waals surface area contributed by atoms with Crippen LogP contribution in [-0.2, 0) is 28.6 Å². The topological polar surface area (TPSA) is 78.9 Å². The fraction of sp³-hybridized carbons (Fsp3) is 0.640. The van der Waals surface area contributed by atoms with Crippen molar-refractivity contribution in [3.8, 4) is 0 Å². The van der Waals surface area contributed by atoms with Crippen LogP contribution in [0, 0.1) is 0 Å². The van der Waals surface area contributed by atoms with Gasteiger partial charge >= 0.3 is 17.9 Å². The summed E-state index contributed by atoms with van der Waals surface area (Å²) in [6, 6.07) is 0. The van der Waals surface area contributed by atoms with Crippen molar-refractivity contribution in [3.05, 3.63) is 146 Å². The lowest BCUT2D eigenvalue weighted by atomic mass is 10.0. The first-order valence-corrected chi connectivity index (χ1v) is 33.3. The molecule has 1 atom stereocenters. The van der Waals surface area contributed by atoms with Gasteiger partial charge < -0.3 is 14.2 Å². The zero-order chi connectivity index (χ0) is 58.5. The number of ether oxygens (including phenoxy) is 3. The van der Waals surface area contributed by atoms with Crippen LogP contribution in [0.2, 0.25) is 0 Å². The van der Waals surface area contributed by atoms with E-state index < -0.39 is 6.10 Å². The second-order valence-electron chi connectivity index (χ2n) is 21.6. The van der Waals surface area contributed by atoms with Gasteiger partial charge in [0.05, 0.1) is 0 Å². The van der Waals surface area contributed by atoms with Gasteiger partial charge in [-0.25, -0.2) is 0 Å². The molecule has 1 unspecified atom stereocenters. The second-order valence-corrected chi connectivity index (χ2v) is 21.6. The molecule has 0 radical (unpaired) electrons. The Morgan fingerprint density at radius 1 is 0.259 bits per heavy atom. The Kier molecular flexibility index (Phi) is 63.9. The van der Waals surface area contributed by atoms with Crippen LogP contribution in [0.15, 0.2) is 146 Å². The predicted octanol–water partition coefficient (Wildman–Crippen LogP) is 23.1. The van der Waals surface area contributed by atoms with E-state index in [4.69, 9.17) is 14.2 Å². The molecule has 0 bridgehead atoms. The molecule has 0 spiro atoms. The van der Waals surface area contributed by atoms with Gasteiger partial charge in [0.25, 0.3) is 0 Å².